The second-order valence-corrected chi connectivity index (χ2v) is 6.00. The molecule has 1 aromatic carbocycles. The van der Waals surface area contributed by atoms with Crippen LogP contribution >= 0.6 is 11.3 Å². The lowest BCUT2D eigenvalue weighted by Crippen LogP contribution is -2.01. The summed E-state index contributed by atoms with van der Waals surface area (Å²) in [6, 6.07) is 6.30. The van der Waals surface area contributed by atoms with Gasteiger partial charge in [-0.2, -0.15) is 4.68 Å². The number of aliphatic hydroxyl groups excluding tert-OH is 1. The Morgan fingerprint density at radius 2 is 2.00 bits per heavy atom. The van der Waals surface area contributed by atoms with E-state index in [0.717, 1.165) is 5.01 Å². The highest BCUT2D eigenvalue weighted by Crippen LogP contribution is 2.29. The van der Waals surface area contributed by atoms with Crippen LogP contribution in [0.15, 0.2) is 24.3 Å². The van der Waals surface area contributed by atoms with Gasteiger partial charge in [-0.05, 0) is 12.1 Å². The van der Waals surface area contributed by atoms with Crippen molar-refractivity contribution in [3.05, 3.63) is 40.8 Å². The van der Waals surface area contributed by atoms with Gasteiger partial charge in [0, 0.05) is 11.5 Å². The Labute approximate surface area is 130 Å². The minimum atomic E-state index is -0.408. The molecule has 0 atom stereocenters. The summed E-state index contributed by atoms with van der Waals surface area (Å²) in [5, 5.41) is 26.9. The molecule has 0 spiro atoms. The molecule has 6 nitrogen and oxygen atoms in total. The third kappa shape index (κ3) is 2.51. The first-order valence-electron chi connectivity index (χ1n) is 6.76. The molecule has 0 amide bonds. The number of hydrogen-bond donors (Lipinski definition) is 1. The summed E-state index contributed by atoms with van der Waals surface area (Å²) in [4.78, 5) is 0. The van der Waals surface area contributed by atoms with E-state index >= 15 is 0 Å². The van der Waals surface area contributed by atoms with Crippen LogP contribution < -0.4 is 0 Å². The predicted molar refractivity (Wildman–Crippen MR) is 80.2 cm³/mol. The number of hydrogen-bond acceptors (Lipinski definition) is 6. The molecule has 0 aliphatic carbocycles. The topological polar surface area (TPSA) is 76.7 Å². The Hall–Kier alpha value is -2.19. The molecule has 1 N–H and O–H groups in total. The molecule has 8 heteroatoms. The molecule has 2 heterocycles. The summed E-state index contributed by atoms with van der Waals surface area (Å²) in [6.07, 6.45) is 0. The van der Waals surface area contributed by atoms with Crippen LogP contribution in [0.25, 0.3) is 16.4 Å². The van der Waals surface area contributed by atoms with Crippen LogP contribution in [0.5, 0.6) is 0 Å². The van der Waals surface area contributed by atoms with E-state index in [1.807, 2.05) is 13.8 Å². The molecule has 0 saturated heterocycles. The van der Waals surface area contributed by atoms with Gasteiger partial charge in [-0.3, -0.25) is 0 Å². The predicted octanol–water partition coefficient (Wildman–Crippen LogP) is 2.54. The van der Waals surface area contributed by atoms with Gasteiger partial charge in [-0.15, -0.1) is 15.3 Å². The average molecular weight is 319 g/mol. The Balaban J connectivity index is 2.17. The van der Waals surface area contributed by atoms with E-state index in [0.29, 0.717) is 22.1 Å². The zero-order valence-electron chi connectivity index (χ0n) is 12.1. The van der Waals surface area contributed by atoms with Crippen molar-refractivity contribution in [1.29, 1.82) is 0 Å². The fraction of sp³-hybridized carbons (Fsp3) is 0.286. The Bertz CT molecular complexity index is 798. The summed E-state index contributed by atoms with van der Waals surface area (Å²) >= 11 is 1.37. The monoisotopic (exact) mass is 319 g/mol. The van der Waals surface area contributed by atoms with Crippen molar-refractivity contribution in [2.45, 2.75) is 26.4 Å². The van der Waals surface area contributed by atoms with Crippen molar-refractivity contribution < 1.29 is 9.50 Å². The van der Waals surface area contributed by atoms with Gasteiger partial charge >= 0.3 is 0 Å². The van der Waals surface area contributed by atoms with E-state index in [2.05, 4.69) is 20.5 Å². The van der Waals surface area contributed by atoms with Crippen molar-refractivity contribution in [2.24, 2.45) is 0 Å². The van der Waals surface area contributed by atoms with Crippen molar-refractivity contribution in [1.82, 2.24) is 25.2 Å². The summed E-state index contributed by atoms with van der Waals surface area (Å²) in [6.45, 7) is 3.70. The number of aromatic nitrogens is 5. The fourth-order valence-electron chi connectivity index (χ4n) is 2.02. The lowest BCUT2D eigenvalue weighted by Gasteiger charge is -2.05. The molecule has 3 aromatic rings. The molecule has 0 bridgehead atoms. The van der Waals surface area contributed by atoms with Gasteiger partial charge in [0.2, 0.25) is 5.13 Å². The van der Waals surface area contributed by atoms with Gasteiger partial charge in [-0.25, -0.2) is 4.39 Å². The van der Waals surface area contributed by atoms with Crippen LogP contribution in [0.1, 0.15) is 30.5 Å². The summed E-state index contributed by atoms with van der Waals surface area (Å²) in [5.74, 6) is -0.168. The number of aliphatic hydroxyl groups is 1. The van der Waals surface area contributed by atoms with E-state index in [1.165, 1.54) is 22.1 Å². The maximum Gasteiger partial charge on any atom is 0.234 e. The normalized spacial score (nSPS) is 11.3. The molecular formula is C14H14FN5OS. The number of halogens is 1. The van der Waals surface area contributed by atoms with Gasteiger partial charge in [0.15, 0.2) is 0 Å². The summed E-state index contributed by atoms with van der Waals surface area (Å²) < 4.78 is 15.5. The smallest absolute Gasteiger partial charge is 0.234 e. The Morgan fingerprint density at radius 1 is 1.23 bits per heavy atom. The minimum absolute atomic E-state index is 0.240. The van der Waals surface area contributed by atoms with Crippen LogP contribution in [-0.2, 0) is 6.61 Å². The molecule has 3 rings (SSSR count). The van der Waals surface area contributed by atoms with Gasteiger partial charge in [0.25, 0.3) is 0 Å². The second-order valence-electron chi connectivity index (χ2n) is 5.01. The lowest BCUT2D eigenvalue weighted by molar-refractivity contribution is 0.277. The average Bonchev–Trinajstić information content (AvgIpc) is 3.14. The largest absolute Gasteiger partial charge is 0.390 e. The van der Waals surface area contributed by atoms with E-state index < -0.39 is 5.82 Å². The van der Waals surface area contributed by atoms with Gasteiger partial charge in [0.1, 0.15) is 22.2 Å². The van der Waals surface area contributed by atoms with Crippen molar-refractivity contribution in [3.63, 3.8) is 0 Å². The molecule has 0 saturated carbocycles. The van der Waals surface area contributed by atoms with Crippen molar-refractivity contribution in [2.75, 3.05) is 0 Å². The first-order chi connectivity index (χ1) is 10.6. The third-order valence-electron chi connectivity index (χ3n) is 3.12. The molecule has 0 aliphatic heterocycles. The van der Waals surface area contributed by atoms with E-state index in [9.17, 15) is 9.50 Å². The number of benzene rings is 1. The zero-order chi connectivity index (χ0) is 15.7. The standard InChI is InChI=1S/C14H14FN5OS/c1-8(2)13-17-18-14(22-13)20-12(11(7-21)16-19-20)9-5-3-4-6-10(9)15/h3-6,8,21H,7H2,1-2H3. The maximum atomic E-state index is 14.1. The third-order valence-corrected chi connectivity index (χ3v) is 4.32. The molecule has 0 unspecified atom stereocenters. The SMILES string of the molecule is CC(C)c1nnc(-n2nnc(CO)c2-c2ccccc2F)s1. The molecule has 22 heavy (non-hydrogen) atoms. The first kappa shape index (κ1) is 14.7. The highest BCUT2D eigenvalue weighted by atomic mass is 32.1. The molecular weight excluding hydrogens is 305 g/mol. The molecule has 114 valence electrons. The number of nitrogens with zero attached hydrogens (tertiary/aromatic N) is 5. The van der Waals surface area contributed by atoms with Gasteiger partial charge in [-0.1, -0.05) is 42.5 Å². The summed E-state index contributed by atoms with van der Waals surface area (Å²) in [7, 11) is 0. The number of rotatable bonds is 4. The van der Waals surface area contributed by atoms with Crippen molar-refractivity contribution >= 4 is 11.3 Å². The molecule has 0 radical (unpaired) electrons. The molecule has 0 fully saturated rings. The van der Waals surface area contributed by atoms with Crippen LogP contribution in [-0.4, -0.2) is 30.3 Å². The highest BCUT2D eigenvalue weighted by molar-refractivity contribution is 7.13. The van der Waals surface area contributed by atoms with E-state index in [1.54, 1.807) is 18.2 Å². The van der Waals surface area contributed by atoms with Crippen LogP contribution in [0, 0.1) is 5.82 Å². The molecule has 2 aromatic heterocycles. The van der Waals surface area contributed by atoms with Crippen LogP contribution in [0.2, 0.25) is 0 Å². The maximum absolute atomic E-state index is 14.1. The van der Waals surface area contributed by atoms with Crippen molar-refractivity contribution in [3.8, 4) is 16.4 Å². The minimum Gasteiger partial charge on any atom is -0.390 e. The quantitative estimate of drug-likeness (QED) is 0.799. The molecule has 0 aliphatic rings. The van der Waals surface area contributed by atoms with Gasteiger partial charge in [0.05, 0.1) is 6.61 Å². The lowest BCUT2D eigenvalue weighted by atomic mass is 10.1. The Kier molecular flexibility index (Phi) is 3.95. The summed E-state index contributed by atoms with van der Waals surface area (Å²) in [5.41, 5.74) is 1.01. The van der Waals surface area contributed by atoms with E-state index in [4.69, 9.17) is 0 Å². The first-order valence-corrected chi connectivity index (χ1v) is 7.57. The van der Waals surface area contributed by atoms with Crippen LogP contribution in [0.4, 0.5) is 4.39 Å². The van der Waals surface area contributed by atoms with Gasteiger partial charge < -0.3 is 5.11 Å². The zero-order valence-corrected chi connectivity index (χ0v) is 12.9. The van der Waals surface area contributed by atoms with Crippen LogP contribution in [0.3, 0.4) is 0 Å². The van der Waals surface area contributed by atoms with E-state index in [-0.39, 0.29) is 12.5 Å². The highest BCUT2D eigenvalue weighted by Gasteiger charge is 2.21. The second kappa shape index (κ2) is 5.90. The fourth-order valence-corrected chi connectivity index (χ4v) is 2.82. The Morgan fingerprint density at radius 3 is 2.64 bits per heavy atom.